The number of carbonyl (C=O) groups is 1. The van der Waals surface area contributed by atoms with Crippen LogP contribution in [0.4, 0.5) is 8.78 Å². The van der Waals surface area contributed by atoms with Crippen LogP contribution in [-0.4, -0.2) is 42.2 Å². The number of benzene rings is 2. The predicted octanol–water partition coefficient (Wildman–Crippen LogP) is 4.98. The number of nitrogens with zero attached hydrogens (tertiary/aromatic N) is 1. The van der Waals surface area contributed by atoms with Crippen molar-refractivity contribution in [2.24, 2.45) is 5.92 Å². The fourth-order valence-corrected chi connectivity index (χ4v) is 3.54. The molecule has 1 aliphatic heterocycles. The van der Waals surface area contributed by atoms with E-state index in [1.54, 1.807) is 30.5 Å². The summed E-state index contributed by atoms with van der Waals surface area (Å²) in [5, 5.41) is 9.17. The van der Waals surface area contributed by atoms with Crippen LogP contribution < -0.4 is 0 Å². The Morgan fingerprint density at radius 3 is 2.17 bits per heavy atom. The molecule has 1 heterocycles. The Morgan fingerprint density at radius 1 is 1.07 bits per heavy atom. The first-order valence-electron chi connectivity index (χ1n) is 9.82. The van der Waals surface area contributed by atoms with E-state index in [1.165, 1.54) is 24.3 Å². The van der Waals surface area contributed by atoms with Crippen LogP contribution in [0.1, 0.15) is 30.4 Å². The Labute approximate surface area is 181 Å². The van der Waals surface area contributed by atoms with Crippen molar-refractivity contribution in [3.63, 3.8) is 0 Å². The zero-order valence-electron chi connectivity index (χ0n) is 16.6. The number of likely N-dealkylation sites (tertiary alicyclic amines) is 1. The summed E-state index contributed by atoms with van der Waals surface area (Å²) in [4.78, 5) is 13.3. The average Bonchev–Trinajstić information content (AvgIpc) is 2.73. The highest BCUT2D eigenvalue weighted by Crippen LogP contribution is 2.24. The van der Waals surface area contributed by atoms with Gasteiger partial charge in [0.2, 0.25) is 0 Å². The molecule has 0 radical (unpaired) electrons. The third-order valence-corrected chi connectivity index (χ3v) is 5.10. The van der Waals surface area contributed by atoms with Gasteiger partial charge in [-0.3, -0.25) is 4.79 Å². The van der Waals surface area contributed by atoms with Gasteiger partial charge in [-0.1, -0.05) is 24.3 Å². The molecule has 4 nitrogen and oxygen atoms in total. The molecule has 0 spiro atoms. The van der Waals surface area contributed by atoms with Gasteiger partial charge < -0.3 is 14.7 Å². The summed E-state index contributed by atoms with van der Waals surface area (Å²) >= 11 is 0. The van der Waals surface area contributed by atoms with E-state index in [1.807, 2.05) is 0 Å². The minimum absolute atomic E-state index is 0. The Kier molecular flexibility index (Phi) is 9.27. The summed E-state index contributed by atoms with van der Waals surface area (Å²) in [5.41, 5.74) is 2.30. The van der Waals surface area contributed by atoms with Crippen LogP contribution in [0.5, 0.6) is 0 Å². The maximum absolute atomic E-state index is 13.3. The smallest absolute Gasteiger partial charge is 0.307 e. The van der Waals surface area contributed by atoms with E-state index in [9.17, 15) is 18.7 Å². The van der Waals surface area contributed by atoms with Crippen molar-refractivity contribution in [3.8, 4) is 0 Å². The van der Waals surface area contributed by atoms with Gasteiger partial charge in [0.25, 0.3) is 0 Å². The van der Waals surface area contributed by atoms with E-state index in [-0.39, 0.29) is 30.0 Å². The first-order valence-corrected chi connectivity index (χ1v) is 9.82. The van der Waals surface area contributed by atoms with Crippen LogP contribution in [0.15, 0.2) is 54.8 Å². The number of piperidine rings is 1. The van der Waals surface area contributed by atoms with Crippen molar-refractivity contribution in [2.75, 3.05) is 26.2 Å². The van der Waals surface area contributed by atoms with Crippen LogP contribution >= 0.6 is 12.4 Å². The zero-order valence-corrected chi connectivity index (χ0v) is 17.4. The van der Waals surface area contributed by atoms with Crippen molar-refractivity contribution in [1.29, 1.82) is 0 Å². The lowest BCUT2D eigenvalue weighted by atomic mass is 9.98. The van der Waals surface area contributed by atoms with Gasteiger partial charge in [-0.2, -0.15) is 0 Å². The summed E-state index contributed by atoms with van der Waals surface area (Å²) in [6, 6.07) is 12.1. The van der Waals surface area contributed by atoms with Crippen LogP contribution in [0.2, 0.25) is 0 Å². The monoisotopic (exact) mass is 437 g/mol. The molecule has 7 heteroatoms. The van der Waals surface area contributed by atoms with Crippen molar-refractivity contribution >= 4 is 23.9 Å². The minimum Gasteiger partial charge on any atom is -0.500 e. The zero-order chi connectivity index (χ0) is 20.6. The first-order chi connectivity index (χ1) is 14.0. The number of carboxylic acids is 1. The van der Waals surface area contributed by atoms with Gasteiger partial charge in [0.15, 0.2) is 0 Å². The van der Waals surface area contributed by atoms with Crippen LogP contribution in [0.3, 0.4) is 0 Å². The van der Waals surface area contributed by atoms with Gasteiger partial charge in [0, 0.05) is 18.7 Å². The minimum atomic E-state index is -0.725. The molecular formula is C23H26ClF2NO3. The molecule has 0 aromatic heterocycles. The highest BCUT2D eigenvalue weighted by molar-refractivity contribution is 5.85. The molecular weight excluding hydrogens is 412 g/mol. The maximum atomic E-state index is 13.3. The van der Waals surface area contributed by atoms with Gasteiger partial charge in [-0.05, 0) is 61.2 Å². The van der Waals surface area contributed by atoms with Gasteiger partial charge in [0.05, 0.1) is 18.8 Å². The average molecular weight is 438 g/mol. The summed E-state index contributed by atoms with van der Waals surface area (Å²) in [5.74, 6) is -1.66. The molecule has 1 fully saturated rings. The molecule has 1 aliphatic rings. The molecule has 162 valence electrons. The lowest BCUT2D eigenvalue weighted by molar-refractivity contribution is -0.143. The number of hydrogen-bond acceptors (Lipinski definition) is 3. The second kappa shape index (κ2) is 11.7. The topological polar surface area (TPSA) is 49.8 Å². The third-order valence-electron chi connectivity index (χ3n) is 5.10. The van der Waals surface area contributed by atoms with Gasteiger partial charge in [-0.15, -0.1) is 12.4 Å². The number of halogens is 3. The van der Waals surface area contributed by atoms with E-state index in [0.717, 1.165) is 49.1 Å². The SMILES string of the molecule is Cl.O=C(O)C1CCCN(CCCOC=C(c2ccc(F)cc2)c2ccc(F)cc2)C1. The van der Waals surface area contributed by atoms with Gasteiger partial charge in [-0.25, -0.2) is 8.78 Å². The quantitative estimate of drug-likeness (QED) is 0.467. The van der Waals surface area contributed by atoms with Gasteiger partial charge in [0.1, 0.15) is 11.6 Å². The Bertz CT molecular complexity index is 793. The molecule has 2 aromatic rings. The Hall–Kier alpha value is -2.44. The Balaban J connectivity index is 0.00000320. The van der Waals surface area contributed by atoms with Crippen LogP contribution in [-0.2, 0) is 9.53 Å². The van der Waals surface area contributed by atoms with Crippen LogP contribution in [0, 0.1) is 17.6 Å². The lowest BCUT2D eigenvalue weighted by Gasteiger charge is -2.30. The van der Waals surface area contributed by atoms with Crippen molar-refractivity contribution in [3.05, 3.63) is 77.6 Å². The van der Waals surface area contributed by atoms with E-state index < -0.39 is 5.97 Å². The molecule has 1 saturated heterocycles. The summed E-state index contributed by atoms with van der Waals surface area (Å²) in [7, 11) is 0. The number of rotatable bonds is 8. The number of aliphatic carboxylic acids is 1. The van der Waals surface area contributed by atoms with Crippen molar-refractivity contribution in [1.82, 2.24) is 4.90 Å². The molecule has 30 heavy (non-hydrogen) atoms. The predicted molar refractivity (Wildman–Crippen MR) is 114 cm³/mol. The maximum Gasteiger partial charge on any atom is 0.307 e. The standard InChI is InChI=1S/C23H25F2NO3.ClH/c24-20-8-4-17(5-9-20)22(18-6-10-21(25)11-7-18)16-29-14-2-13-26-12-1-3-19(15-26)23(27)28;/h4-11,16,19H,1-3,12-15H2,(H,27,28);1H. The van der Waals surface area contributed by atoms with Crippen molar-refractivity contribution in [2.45, 2.75) is 19.3 Å². The molecule has 3 rings (SSSR count). The number of ether oxygens (including phenoxy) is 1. The van der Waals surface area contributed by atoms with E-state index >= 15 is 0 Å². The summed E-state index contributed by atoms with van der Waals surface area (Å²) in [6.07, 6.45) is 4.03. The molecule has 0 amide bonds. The molecule has 0 aliphatic carbocycles. The van der Waals surface area contributed by atoms with Crippen molar-refractivity contribution < 1.29 is 23.4 Å². The molecule has 2 aromatic carbocycles. The molecule has 0 bridgehead atoms. The van der Waals surface area contributed by atoms with E-state index in [2.05, 4.69) is 4.90 Å². The summed E-state index contributed by atoms with van der Waals surface area (Å²) < 4.78 is 32.3. The fraction of sp³-hybridized carbons (Fsp3) is 0.348. The number of hydrogen-bond donors (Lipinski definition) is 1. The highest BCUT2D eigenvalue weighted by Gasteiger charge is 2.24. The second-order valence-corrected chi connectivity index (χ2v) is 7.25. The number of carboxylic acid groups (broad SMARTS) is 1. The van der Waals surface area contributed by atoms with Crippen LogP contribution in [0.25, 0.3) is 5.57 Å². The van der Waals surface area contributed by atoms with E-state index in [0.29, 0.717) is 13.2 Å². The molecule has 1 N–H and O–H groups in total. The Morgan fingerprint density at radius 2 is 1.63 bits per heavy atom. The summed E-state index contributed by atoms with van der Waals surface area (Å²) in [6.45, 7) is 2.75. The molecule has 1 atom stereocenters. The highest BCUT2D eigenvalue weighted by atomic mass is 35.5. The third kappa shape index (κ3) is 6.82. The normalized spacial score (nSPS) is 16.4. The van der Waals surface area contributed by atoms with E-state index in [4.69, 9.17) is 4.74 Å². The second-order valence-electron chi connectivity index (χ2n) is 7.25. The largest absolute Gasteiger partial charge is 0.500 e. The van der Waals surface area contributed by atoms with Gasteiger partial charge >= 0.3 is 5.97 Å². The fourth-order valence-electron chi connectivity index (χ4n) is 3.54. The first kappa shape index (κ1) is 23.8. The lowest BCUT2D eigenvalue weighted by Crippen LogP contribution is -2.39. The molecule has 0 saturated carbocycles. The molecule has 1 unspecified atom stereocenters.